The molecular weight excluding hydrogens is 336 g/mol. The molecule has 0 saturated carbocycles. The van der Waals surface area contributed by atoms with Gasteiger partial charge in [-0.25, -0.2) is 0 Å². The highest BCUT2D eigenvalue weighted by Crippen LogP contribution is 2.18. The van der Waals surface area contributed by atoms with Crippen LogP contribution in [0.15, 0.2) is 41.7 Å². The maximum atomic E-state index is 4.79. The summed E-state index contributed by atoms with van der Waals surface area (Å²) in [6.45, 7) is 7.96. The molecule has 2 N–H and O–H groups in total. The molecule has 1 aromatic heterocycles. The lowest BCUT2D eigenvalue weighted by atomic mass is 10.1. The van der Waals surface area contributed by atoms with Gasteiger partial charge < -0.3 is 15.5 Å². The van der Waals surface area contributed by atoms with Crippen LogP contribution in [0.25, 0.3) is 0 Å². The van der Waals surface area contributed by atoms with Gasteiger partial charge in [0.15, 0.2) is 5.96 Å². The third kappa shape index (κ3) is 5.74. The molecule has 2 aromatic rings. The zero-order valence-electron chi connectivity index (χ0n) is 16.8. The van der Waals surface area contributed by atoms with Crippen molar-refractivity contribution in [2.24, 2.45) is 12.0 Å². The van der Waals surface area contributed by atoms with Crippen LogP contribution in [-0.2, 0) is 13.5 Å². The van der Waals surface area contributed by atoms with Crippen LogP contribution in [0, 0.1) is 6.92 Å². The number of hydrogen-bond donors (Lipinski definition) is 2. The van der Waals surface area contributed by atoms with Crippen LogP contribution in [0.4, 0.5) is 5.69 Å². The number of aromatic nitrogens is 2. The van der Waals surface area contributed by atoms with Crippen LogP contribution in [0.3, 0.4) is 0 Å². The third-order valence-electron chi connectivity index (χ3n) is 4.95. The Balaban J connectivity index is 1.55. The molecule has 1 atom stereocenters. The molecule has 3 rings (SSSR count). The Morgan fingerprint density at radius 3 is 2.81 bits per heavy atom. The van der Waals surface area contributed by atoms with E-state index in [2.05, 4.69) is 64.9 Å². The maximum Gasteiger partial charge on any atom is 0.191 e. The largest absolute Gasteiger partial charge is 0.367 e. The van der Waals surface area contributed by atoms with Gasteiger partial charge in [-0.15, -0.1) is 0 Å². The minimum atomic E-state index is 0.399. The van der Waals surface area contributed by atoms with E-state index >= 15 is 0 Å². The van der Waals surface area contributed by atoms with Crippen LogP contribution >= 0.6 is 0 Å². The molecule has 1 aliphatic rings. The monoisotopic (exact) mass is 368 g/mol. The van der Waals surface area contributed by atoms with Crippen molar-refractivity contribution in [3.8, 4) is 0 Å². The van der Waals surface area contributed by atoms with E-state index < -0.39 is 0 Å². The van der Waals surface area contributed by atoms with E-state index in [1.54, 1.807) is 0 Å². The van der Waals surface area contributed by atoms with Gasteiger partial charge >= 0.3 is 0 Å². The standard InChI is InChI=1S/C21H32N6/c1-4-22-21(23-12-11-18-9-7-17(2)8-10-18)25-19-6-5-13-27(15-19)20-14-24-26(3)16-20/h7-10,14,16,19H,4-6,11-13,15H2,1-3H3,(H2,22,23,25). The fourth-order valence-electron chi connectivity index (χ4n) is 3.47. The fraction of sp³-hybridized carbons (Fsp3) is 0.524. The van der Waals surface area contributed by atoms with E-state index in [4.69, 9.17) is 4.99 Å². The van der Waals surface area contributed by atoms with Crippen molar-refractivity contribution in [1.82, 2.24) is 20.4 Å². The average molecular weight is 369 g/mol. The Kier molecular flexibility index (Phi) is 6.74. The van der Waals surface area contributed by atoms with Crippen molar-refractivity contribution in [3.63, 3.8) is 0 Å². The van der Waals surface area contributed by atoms with E-state index in [0.717, 1.165) is 38.6 Å². The Morgan fingerprint density at radius 1 is 1.30 bits per heavy atom. The molecule has 1 unspecified atom stereocenters. The number of aliphatic imine (C=N–C) groups is 1. The molecule has 1 aliphatic heterocycles. The summed E-state index contributed by atoms with van der Waals surface area (Å²) in [5, 5.41) is 11.3. The first-order valence-corrected chi connectivity index (χ1v) is 9.98. The molecule has 6 nitrogen and oxygen atoms in total. The number of aryl methyl sites for hydroxylation is 2. The van der Waals surface area contributed by atoms with Gasteiger partial charge in [0.1, 0.15) is 0 Å². The summed E-state index contributed by atoms with van der Waals surface area (Å²) in [4.78, 5) is 7.19. The average Bonchev–Trinajstić information content (AvgIpc) is 3.10. The lowest BCUT2D eigenvalue weighted by Crippen LogP contribution is -2.51. The zero-order valence-corrected chi connectivity index (χ0v) is 16.8. The number of anilines is 1. The van der Waals surface area contributed by atoms with Crippen molar-refractivity contribution < 1.29 is 0 Å². The van der Waals surface area contributed by atoms with Crippen LogP contribution in [-0.4, -0.2) is 48.0 Å². The fourth-order valence-corrected chi connectivity index (χ4v) is 3.47. The topological polar surface area (TPSA) is 57.5 Å². The van der Waals surface area contributed by atoms with Crippen molar-refractivity contribution >= 4 is 11.6 Å². The molecule has 0 bridgehead atoms. The summed E-state index contributed by atoms with van der Waals surface area (Å²) in [5.74, 6) is 0.919. The molecule has 0 spiro atoms. The molecule has 0 radical (unpaired) electrons. The number of guanidine groups is 1. The van der Waals surface area contributed by atoms with Gasteiger partial charge in [-0.3, -0.25) is 9.67 Å². The Labute approximate surface area is 162 Å². The Bertz CT molecular complexity index is 733. The number of piperidine rings is 1. The van der Waals surface area contributed by atoms with Crippen LogP contribution in [0.1, 0.15) is 30.9 Å². The van der Waals surface area contributed by atoms with Crippen molar-refractivity contribution in [2.75, 3.05) is 31.1 Å². The second-order valence-corrected chi connectivity index (χ2v) is 7.30. The smallest absolute Gasteiger partial charge is 0.191 e. The number of nitrogens with one attached hydrogen (secondary N) is 2. The third-order valence-corrected chi connectivity index (χ3v) is 4.95. The van der Waals surface area contributed by atoms with E-state index in [1.165, 1.54) is 29.7 Å². The highest BCUT2D eigenvalue weighted by atomic mass is 15.3. The molecule has 1 saturated heterocycles. The lowest BCUT2D eigenvalue weighted by molar-refractivity contribution is 0.468. The van der Waals surface area contributed by atoms with Crippen molar-refractivity contribution in [1.29, 1.82) is 0 Å². The summed E-state index contributed by atoms with van der Waals surface area (Å²) >= 11 is 0. The molecule has 6 heteroatoms. The summed E-state index contributed by atoms with van der Waals surface area (Å²) < 4.78 is 1.86. The molecule has 1 aromatic carbocycles. The molecular formula is C21H32N6. The highest BCUT2D eigenvalue weighted by molar-refractivity contribution is 5.80. The maximum absolute atomic E-state index is 4.79. The van der Waals surface area contributed by atoms with Gasteiger partial charge in [-0.2, -0.15) is 5.10 Å². The van der Waals surface area contributed by atoms with Gasteiger partial charge in [0.2, 0.25) is 0 Å². The van der Waals surface area contributed by atoms with E-state index in [-0.39, 0.29) is 0 Å². The van der Waals surface area contributed by atoms with E-state index in [0.29, 0.717) is 6.04 Å². The van der Waals surface area contributed by atoms with Crippen molar-refractivity contribution in [3.05, 3.63) is 47.8 Å². The number of nitrogens with zero attached hydrogens (tertiary/aromatic N) is 4. The molecule has 2 heterocycles. The molecule has 0 amide bonds. The summed E-state index contributed by atoms with van der Waals surface area (Å²) in [7, 11) is 1.97. The normalized spacial score (nSPS) is 17.8. The van der Waals surface area contributed by atoms with Gasteiger partial charge in [-0.05, 0) is 38.7 Å². The molecule has 146 valence electrons. The number of hydrogen-bond acceptors (Lipinski definition) is 3. The summed E-state index contributed by atoms with van der Waals surface area (Å²) in [6.07, 6.45) is 7.34. The van der Waals surface area contributed by atoms with Gasteiger partial charge in [0, 0.05) is 45.5 Å². The minimum absolute atomic E-state index is 0.399. The zero-order chi connectivity index (χ0) is 19.1. The first kappa shape index (κ1) is 19.3. The van der Waals surface area contributed by atoms with E-state index in [1.807, 2.05) is 17.9 Å². The first-order valence-electron chi connectivity index (χ1n) is 9.98. The lowest BCUT2D eigenvalue weighted by Gasteiger charge is -2.34. The van der Waals surface area contributed by atoms with Crippen LogP contribution in [0.5, 0.6) is 0 Å². The molecule has 27 heavy (non-hydrogen) atoms. The van der Waals surface area contributed by atoms with Gasteiger partial charge in [-0.1, -0.05) is 29.8 Å². The second-order valence-electron chi connectivity index (χ2n) is 7.30. The predicted octanol–water partition coefficient (Wildman–Crippen LogP) is 2.50. The predicted molar refractivity (Wildman–Crippen MR) is 112 cm³/mol. The SMILES string of the molecule is CCNC(=NCCc1ccc(C)cc1)NC1CCCN(c2cnn(C)c2)C1. The summed E-state index contributed by atoms with van der Waals surface area (Å²) in [6, 6.07) is 9.11. The Morgan fingerprint density at radius 2 is 2.11 bits per heavy atom. The van der Waals surface area contributed by atoms with Crippen LogP contribution in [0.2, 0.25) is 0 Å². The van der Waals surface area contributed by atoms with E-state index in [9.17, 15) is 0 Å². The van der Waals surface area contributed by atoms with Crippen LogP contribution < -0.4 is 15.5 Å². The first-order chi connectivity index (χ1) is 13.1. The molecule has 1 fully saturated rings. The highest BCUT2D eigenvalue weighted by Gasteiger charge is 2.21. The summed E-state index contributed by atoms with van der Waals surface area (Å²) in [5.41, 5.74) is 3.83. The van der Waals surface area contributed by atoms with Gasteiger partial charge in [0.05, 0.1) is 11.9 Å². The minimum Gasteiger partial charge on any atom is -0.367 e. The Hall–Kier alpha value is -2.50. The second kappa shape index (κ2) is 9.44. The number of rotatable bonds is 6. The number of benzene rings is 1. The quantitative estimate of drug-likeness (QED) is 0.608. The molecule has 0 aliphatic carbocycles. The van der Waals surface area contributed by atoms with Gasteiger partial charge in [0.25, 0.3) is 0 Å². The van der Waals surface area contributed by atoms with Crippen molar-refractivity contribution in [2.45, 2.75) is 39.2 Å².